The topological polar surface area (TPSA) is 77.1 Å². The fourth-order valence-electron chi connectivity index (χ4n) is 3.47. The van der Waals surface area contributed by atoms with Gasteiger partial charge in [-0.2, -0.15) is 0 Å². The van der Waals surface area contributed by atoms with Crippen LogP contribution in [-0.2, 0) is 9.53 Å². The number of urea groups is 1. The summed E-state index contributed by atoms with van der Waals surface area (Å²) >= 11 is 13.1. The highest BCUT2D eigenvalue weighted by Gasteiger charge is 2.23. The first-order valence-electron chi connectivity index (χ1n) is 11.4. The van der Waals surface area contributed by atoms with Crippen LogP contribution in [0, 0.1) is 0 Å². The minimum absolute atomic E-state index is 0.167. The van der Waals surface area contributed by atoms with Crippen LogP contribution in [0.5, 0.6) is 17.2 Å². The molecule has 0 fully saturated rings. The molecular weight excluding hydrogens is 503 g/mol. The lowest BCUT2D eigenvalue weighted by Gasteiger charge is -2.23. The summed E-state index contributed by atoms with van der Waals surface area (Å²) < 4.78 is 16.5. The standard InChI is InChI=1S/C27H28Cl2N2O5/c1-5-35-25(32)16-31(27(33)30-18-9-7-6-8-10-18)19-13-22(28)26(23(29)14-19)36-20-11-12-24(34-4)21(15-20)17(2)3/h6-15,17H,5,16H2,1-4H3,(H,30,33). The molecule has 190 valence electrons. The van der Waals surface area contributed by atoms with Crippen molar-refractivity contribution in [2.75, 3.05) is 30.5 Å². The first-order valence-corrected chi connectivity index (χ1v) is 12.1. The molecule has 1 N–H and O–H groups in total. The second-order valence-electron chi connectivity index (χ2n) is 8.09. The second-order valence-corrected chi connectivity index (χ2v) is 8.90. The Balaban J connectivity index is 1.92. The number of carbonyl (C=O) groups is 2. The highest BCUT2D eigenvalue weighted by molar-refractivity contribution is 6.37. The number of benzene rings is 3. The molecule has 9 heteroatoms. The van der Waals surface area contributed by atoms with Crippen LogP contribution in [0.2, 0.25) is 10.0 Å². The summed E-state index contributed by atoms with van der Waals surface area (Å²) in [6.45, 7) is 5.64. The molecule has 0 bridgehead atoms. The third-order valence-electron chi connectivity index (χ3n) is 5.20. The van der Waals surface area contributed by atoms with E-state index in [-0.39, 0.29) is 34.9 Å². The molecular formula is C27H28Cl2N2O5. The maximum absolute atomic E-state index is 13.1. The Kier molecular flexibility index (Phi) is 9.44. The summed E-state index contributed by atoms with van der Waals surface area (Å²) in [6, 6.07) is 16.8. The predicted molar refractivity (Wildman–Crippen MR) is 143 cm³/mol. The summed E-state index contributed by atoms with van der Waals surface area (Å²) in [6.07, 6.45) is 0. The Labute approximate surface area is 220 Å². The molecule has 7 nitrogen and oxygen atoms in total. The molecule has 0 unspecified atom stereocenters. The van der Waals surface area contributed by atoms with Gasteiger partial charge in [0.05, 0.1) is 23.8 Å². The third-order valence-corrected chi connectivity index (χ3v) is 5.76. The van der Waals surface area contributed by atoms with Crippen LogP contribution in [0.4, 0.5) is 16.2 Å². The van der Waals surface area contributed by atoms with Crippen molar-refractivity contribution in [2.24, 2.45) is 0 Å². The number of carbonyl (C=O) groups excluding carboxylic acids is 2. The van der Waals surface area contributed by atoms with E-state index in [1.807, 2.05) is 18.2 Å². The summed E-state index contributed by atoms with van der Waals surface area (Å²) in [7, 11) is 1.62. The van der Waals surface area contributed by atoms with Gasteiger partial charge in [0.2, 0.25) is 0 Å². The summed E-state index contributed by atoms with van der Waals surface area (Å²) in [5.74, 6) is 1.13. The number of halogens is 2. The summed E-state index contributed by atoms with van der Waals surface area (Å²) in [5.41, 5.74) is 1.84. The van der Waals surface area contributed by atoms with Gasteiger partial charge < -0.3 is 19.5 Å². The van der Waals surface area contributed by atoms with E-state index < -0.39 is 12.0 Å². The monoisotopic (exact) mass is 530 g/mol. The Morgan fingerprint density at radius 1 is 1.00 bits per heavy atom. The molecule has 0 heterocycles. The van der Waals surface area contributed by atoms with Crippen molar-refractivity contribution in [1.82, 2.24) is 0 Å². The molecule has 0 atom stereocenters. The lowest BCUT2D eigenvalue weighted by atomic mass is 10.0. The normalized spacial score (nSPS) is 10.6. The highest BCUT2D eigenvalue weighted by Crippen LogP contribution is 2.41. The molecule has 0 aliphatic carbocycles. The molecule has 2 amide bonds. The maximum Gasteiger partial charge on any atom is 0.326 e. The van der Waals surface area contributed by atoms with Gasteiger partial charge >= 0.3 is 12.0 Å². The van der Waals surface area contributed by atoms with E-state index in [0.717, 1.165) is 11.3 Å². The molecule has 3 aromatic rings. The van der Waals surface area contributed by atoms with Crippen LogP contribution in [0.1, 0.15) is 32.3 Å². The van der Waals surface area contributed by atoms with Crippen LogP contribution < -0.4 is 19.7 Å². The van der Waals surface area contributed by atoms with Crippen molar-refractivity contribution in [3.05, 3.63) is 76.3 Å². The molecule has 0 aromatic heterocycles. The van der Waals surface area contributed by atoms with Gasteiger partial charge in [-0.05, 0) is 55.3 Å². The van der Waals surface area contributed by atoms with Gasteiger partial charge in [-0.25, -0.2) is 4.79 Å². The number of para-hydroxylation sites is 1. The Bertz CT molecular complexity index is 1200. The number of ether oxygens (including phenoxy) is 3. The number of amides is 2. The van der Waals surface area contributed by atoms with Crippen molar-refractivity contribution in [3.8, 4) is 17.2 Å². The lowest BCUT2D eigenvalue weighted by Crippen LogP contribution is -2.39. The fraction of sp³-hybridized carbons (Fsp3) is 0.259. The van der Waals surface area contributed by atoms with Crippen molar-refractivity contribution >= 4 is 46.6 Å². The van der Waals surface area contributed by atoms with Gasteiger partial charge in [0, 0.05) is 16.9 Å². The molecule has 3 rings (SSSR count). The van der Waals surface area contributed by atoms with Crippen molar-refractivity contribution in [2.45, 2.75) is 26.7 Å². The third kappa shape index (κ3) is 6.83. The van der Waals surface area contributed by atoms with E-state index in [4.69, 9.17) is 37.4 Å². The quantitative estimate of drug-likeness (QED) is 0.289. The number of hydrogen-bond donors (Lipinski definition) is 1. The van der Waals surface area contributed by atoms with Gasteiger partial charge in [0.1, 0.15) is 18.0 Å². The highest BCUT2D eigenvalue weighted by atomic mass is 35.5. The molecule has 0 spiro atoms. The van der Waals surface area contributed by atoms with E-state index in [0.29, 0.717) is 17.1 Å². The number of methoxy groups -OCH3 is 1. The second kappa shape index (κ2) is 12.5. The summed E-state index contributed by atoms with van der Waals surface area (Å²) in [4.78, 5) is 26.6. The zero-order valence-electron chi connectivity index (χ0n) is 20.5. The zero-order chi connectivity index (χ0) is 26.2. The molecule has 0 aliphatic heterocycles. The first-order chi connectivity index (χ1) is 17.2. The minimum Gasteiger partial charge on any atom is -0.496 e. The number of anilines is 2. The van der Waals surface area contributed by atoms with Crippen LogP contribution in [0.15, 0.2) is 60.7 Å². The molecule has 3 aromatic carbocycles. The molecule has 0 saturated heterocycles. The van der Waals surface area contributed by atoms with Crippen LogP contribution in [0.3, 0.4) is 0 Å². The Morgan fingerprint density at radius 2 is 1.67 bits per heavy atom. The number of nitrogens with zero attached hydrogens (tertiary/aromatic N) is 1. The van der Waals surface area contributed by atoms with E-state index in [2.05, 4.69) is 19.2 Å². The van der Waals surface area contributed by atoms with E-state index in [9.17, 15) is 9.59 Å². The fourth-order valence-corrected chi connectivity index (χ4v) is 4.03. The molecule has 0 aliphatic rings. The van der Waals surface area contributed by atoms with E-state index >= 15 is 0 Å². The lowest BCUT2D eigenvalue weighted by molar-refractivity contribution is -0.141. The molecule has 36 heavy (non-hydrogen) atoms. The van der Waals surface area contributed by atoms with Gasteiger partial charge in [-0.3, -0.25) is 9.69 Å². The number of nitrogens with one attached hydrogen (secondary N) is 1. The Hall–Kier alpha value is -3.42. The van der Waals surface area contributed by atoms with Gasteiger partial charge in [0.25, 0.3) is 0 Å². The molecule has 0 radical (unpaired) electrons. The minimum atomic E-state index is -0.576. The van der Waals surface area contributed by atoms with Gasteiger partial charge in [0.15, 0.2) is 5.75 Å². The van der Waals surface area contributed by atoms with Crippen LogP contribution >= 0.6 is 23.2 Å². The van der Waals surface area contributed by atoms with Crippen LogP contribution in [-0.4, -0.2) is 32.3 Å². The Morgan fingerprint density at radius 3 is 2.25 bits per heavy atom. The van der Waals surface area contributed by atoms with Crippen molar-refractivity contribution < 1.29 is 23.8 Å². The smallest absolute Gasteiger partial charge is 0.326 e. The maximum atomic E-state index is 13.1. The summed E-state index contributed by atoms with van der Waals surface area (Å²) in [5, 5.41) is 3.09. The van der Waals surface area contributed by atoms with Crippen molar-refractivity contribution in [3.63, 3.8) is 0 Å². The van der Waals surface area contributed by atoms with Crippen LogP contribution in [0.25, 0.3) is 0 Å². The first kappa shape index (κ1) is 27.2. The predicted octanol–water partition coefficient (Wildman–Crippen LogP) is 7.52. The van der Waals surface area contributed by atoms with Crippen molar-refractivity contribution in [1.29, 1.82) is 0 Å². The van der Waals surface area contributed by atoms with Gasteiger partial charge in [-0.1, -0.05) is 55.2 Å². The largest absolute Gasteiger partial charge is 0.496 e. The molecule has 0 saturated carbocycles. The van der Waals surface area contributed by atoms with E-state index in [1.54, 1.807) is 44.4 Å². The number of rotatable bonds is 9. The SMILES string of the molecule is CCOC(=O)CN(C(=O)Nc1ccccc1)c1cc(Cl)c(Oc2ccc(OC)c(C(C)C)c2)c(Cl)c1. The average molecular weight is 531 g/mol. The number of esters is 1. The average Bonchev–Trinajstić information content (AvgIpc) is 2.85. The zero-order valence-corrected chi connectivity index (χ0v) is 22.0. The van der Waals surface area contributed by atoms with Gasteiger partial charge in [-0.15, -0.1) is 0 Å². The number of hydrogen-bond acceptors (Lipinski definition) is 5. The van der Waals surface area contributed by atoms with E-state index in [1.165, 1.54) is 17.0 Å².